The Kier molecular flexibility index (Phi) is 5.69. The van der Waals surface area contributed by atoms with E-state index in [-0.39, 0.29) is 11.6 Å². The van der Waals surface area contributed by atoms with Crippen molar-refractivity contribution in [2.45, 2.75) is 13.8 Å². The van der Waals surface area contributed by atoms with Crippen LogP contribution in [-0.2, 0) is 0 Å². The highest BCUT2D eigenvalue weighted by Crippen LogP contribution is 2.24. The molecule has 0 saturated carbocycles. The van der Waals surface area contributed by atoms with Gasteiger partial charge in [-0.15, -0.1) is 0 Å². The minimum Gasteiger partial charge on any atom is -0.495 e. The fraction of sp³-hybridized carbons (Fsp3) is 0.136. The van der Waals surface area contributed by atoms with Gasteiger partial charge in [0, 0.05) is 17.4 Å². The van der Waals surface area contributed by atoms with Gasteiger partial charge in [-0.3, -0.25) is 14.6 Å². The van der Waals surface area contributed by atoms with Crippen molar-refractivity contribution in [3.05, 3.63) is 83.2 Å². The number of hydrogen-bond acceptors (Lipinski definition) is 4. The first-order valence-electron chi connectivity index (χ1n) is 8.77. The number of aryl methyl sites for hydroxylation is 2. The first kappa shape index (κ1) is 19.1. The van der Waals surface area contributed by atoms with E-state index in [9.17, 15) is 9.59 Å². The Balaban J connectivity index is 1.80. The number of carbonyl (C=O) groups is 2. The Morgan fingerprint density at radius 1 is 0.893 bits per heavy atom. The summed E-state index contributed by atoms with van der Waals surface area (Å²) in [6.07, 6.45) is 1.44. The number of nitrogens with zero attached hydrogens (tertiary/aromatic N) is 1. The predicted octanol–water partition coefficient (Wildman–Crippen LogP) is 4.21. The molecule has 2 amide bonds. The molecule has 0 unspecified atom stereocenters. The number of carbonyl (C=O) groups excluding carboxylic acids is 2. The Bertz CT molecular complexity index is 1010. The van der Waals surface area contributed by atoms with Gasteiger partial charge < -0.3 is 15.4 Å². The number of amides is 2. The molecule has 3 rings (SSSR count). The third kappa shape index (κ3) is 4.17. The fourth-order valence-electron chi connectivity index (χ4n) is 2.83. The van der Waals surface area contributed by atoms with Crippen molar-refractivity contribution < 1.29 is 14.3 Å². The Labute approximate surface area is 163 Å². The molecule has 0 fully saturated rings. The number of anilines is 2. The molecule has 6 heteroatoms. The van der Waals surface area contributed by atoms with E-state index in [0.717, 1.165) is 16.8 Å². The van der Waals surface area contributed by atoms with Crippen LogP contribution in [0, 0.1) is 13.8 Å². The van der Waals surface area contributed by atoms with Crippen LogP contribution in [0.25, 0.3) is 0 Å². The molecule has 0 bridgehead atoms. The van der Waals surface area contributed by atoms with Gasteiger partial charge in [0.15, 0.2) is 0 Å². The van der Waals surface area contributed by atoms with Crippen molar-refractivity contribution in [3.63, 3.8) is 0 Å². The number of pyridine rings is 1. The summed E-state index contributed by atoms with van der Waals surface area (Å²) in [6, 6.07) is 15.9. The van der Waals surface area contributed by atoms with Crippen LogP contribution < -0.4 is 15.4 Å². The SMILES string of the molecule is COc1ccccc1NC(=O)c1cc(C(=O)Nc2c(C)cccc2C)ccn1. The summed E-state index contributed by atoms with van der Waals surface area (Å²) in [6.45, 7) is 3.86. The number of para-hydroxylation sites is 3. The van der Waals surface area contributed by atoms with Crippen LogP contribution in [0.1, 0.15) is 32.0 Å². The first-order valence-corrected chi connectivity index (χ1v) is 8.77. The minimum absolute atomic E-state index is 0.139. The lowest BCUT2D eigenvalue weighted by atomic mass is 10.1. The third-order valence-corrected chi connectivity index (χ3v) is 4.33. The van der Waals surface area contributed by atoms with Crippen molar-refractivity contribution in [1.29, 1.82) is 0 Å². The highest BCUT2D eigenvalue weighted by molar-refractivity contribution is 6.08. The number of ether oxygens (including phenoxy) is 1. The molecule has 0 radical (unpaired) electrons. The van der Waals surface area contributed by atoms with Crippen molar-refractivity contribution >= 4 is 23.2 Å². The molecular formula is C22H21N3O3. The molecule has 28 heavy (non-hydrogen) atoms. The number of benzene rings is 2. The average Bonchev–Trinajstić information content (AvgIpc) is 2.71. The zero-order valence-corrected chi connectivity index (χ0v) is 15.9. The van der Waals surface area contributed by atoms with Gasteiger partial charge in [0.1, 0.15) is 11.4 Å². The highest BCUT2D eigenvalue weighted by atomic mass is 16.5. The second-order valence-electron chi connectivity index (χ2n) is 6.31. The molecule has 3 aromatic rings. The normalized spacial score (nSPS) is 10.2. The maximum atomic E-state index is 12.7. The maximum Gasteiger partial charge on any atom is 0.274 e. The fourth-order valence-corrected chi connectivity index (χ4v) is 2.83. The van der Waals surface area contributed by atoms with E-state index in [1.165, 1.54) is 19.4 Å². The topological polar surface area (TPSA) is 80.3 Å². The molecule has 1 aromatic heterocycles. The lowest BCUT2D eigenvalue weighted by molar-refractivity contribution is 0.102. The van der Waals surface area contributed by atoms with Crippen LogP contribution in [0.4, 0.5) is 11.4 Å². The average molecular weight is 375 g/mol. The summed E-state index contributed by atoms with van der Waals surface area (Å²) in [5.41, 5.74) is 3.72. The quantitative estimate of drug-likeness (QED) is 0.700. The molecule has 0 aliphatic rings. The van der Waals surface area contributed by atoms with E-state index in [2.05, 4.69) is 15.6 Å². The van der Waals surface area contributed by atoms with Crippen LogP contribution >= 0.6 is 0 Å². The molecule has 0 aliphatic heterocycles. The van der Waals surface area contributed by atoms with E-state index in [1.807, 2.05) is 38.1 Å². The summed E-state index contributed by atoms with van der Waals surface area (Å²) in [4.78, 5) is 29.3. The van der Waals surface area contributed by atoms with Gasteiger partial charge in [0.05, 0.1) is 12.8 Å². The maximum absolute atomic E-state index is 12.7. The Morgan fingerprint density at radius 3 is 2.32 bits per heavy atom. The molecule has 2 aromatic carbocycles. The largest absolute Gasteiger partial charge is 0.495 e. The van der Waals surface area contributed by atoms with E-state index in [0.29, 0.717) is 17.0 Å². The molecule has 6 nitrogen and oxygen atoms in total. The number of methoxy groups -OCH3 is 1. The number of nitrogens with one attached hydrogen (secondary N) is 2. The molecule has 142 valence electrons. The van der Waals surface area contributed by atoms with Crippen LogP contribution in [0.15, 0.2) is 60.8 Å². The minimum atomic E-state index is -0.425. The monoisotopic (exact) mass is 375 g/mol. The molecule has 2 N–H and O–H groups in total. The molecule has 0 aliphatic carbocycles. The number of hydrogen-bond donors (Lipinski definition) is 2. The van der Waals surface area contributed by atoms with Crippen molar-refractivity contribution in [1.82, 2.24) is 4.98 Å². The smallest absolute Gasteiger partial charge is 0.274 e. The van der Waals surface area contributed by atoms with Gasteiger partial charge in [0.2, 0.25) is 0 Å². The van der Waals surface area contributed by atoms with E-state index < -0.39 is 5.91 Å². The lowest BCUT2D eigenvalue weighted by Gasteiger charge is -2.12. The zero-order chi connectivity index (χ0) is 20.1. The highest BCUT2D eigenvalue weighted by Gasteiger charge is 2.15. The molecule has 0 spiro atoms. The second-order valence-corrected chi connectivity index (χ2v) is 6.31. The summed E-state index contributed by atoms with van der Waals surface area (Å²) in [7, 11) is 1.53. The van der Waals surface area contributed by atoms with Crippen molar-refractivity contribution in [2.24, 2.45) is 0 Å². The van der Waals surface area contributed by atoms with Crippen LogP contribution in [0.3, 0.4) is 0 Å². The van der Waals surface area contributed by atoms with E-state index >= 15 is 0 Å². The Hall–Kier alpha value is -3.67. The van der Waals surface area contributed by atoms with Crippen LogP contribution in [0.2, 0.25) is 0 Å². The first-order chi connectivity index (χ1) is 13.5. The van der Waals surface area contributed by atoms with Crippen molar-refractivity contribution in [3.8, 4) is 5.75 Å². The van der Waals surface area contributed by atoms with Gasteiger partial charge in [0.25, 0.3) is 11.8 Å². The zero-order valence-electron chi connectivity index (χ0n) is 15.9. The summed E-state index contributed by atoms with van der Waals surface area (Å²) in [5.74, 6) is -0.183. The van der Waals surface area contributed by atoms with Crippen molar-refractivity contribution in [2.75, 3.05) is 17.7 Å². The number of aromatic nitrogens is 1. The summed E-state index contributed by atoms with van der Waals surface area (Å²) in [5, 5.41) is 5.66. The van der Waals surface area contributed by atoms with E-state index in [4.69, 9.17) is 4.74 Å². The van der Waals surface area contributed by atoms with Gasteiger partial charge in [-0.05, 0) is 49.2 Å². The Morgan fingerprint density at radius 2 is 1.61 bits per heavy atom. The van der Waals surface area contributed by atoms with Crippen LogP contribution in [-0.4, -0.2) is 23.9 Å². The molecule has 0 saturated heterocycles. The van der Waals surface area contributed by atoms with E-state index in [1.54, 1.807) is 24.3 Å². The van der Waals surface area contributed by atoms with Gasteiger partial charge in [-0.2, -0.15) is 0 Å². The number of rotatable bonds is 5. The summed E-state index contributed by atoms with van der Waals surface area (Å²) < 4.78 is 5.23. The van der Waals surface area contributed by atoms with Crippen LogP contribution in [0.5, 0.6) is 5.75 Å². The molecule has 0 atom stereocenters. The van der Waals surface area contributed by atoms with Gasteiger partial charge in [-0.25, -0.2) is 0 Å². The second kappa shape index (κ2) is 8.35. The standard InChI is InChI=1S/C22H21N3O3/c1-14-7-6-8-15(2)20(14)25-21(26)16-11-12-23-18(13-16)22(27)24-17-9-4-5-10-19(17)28-3/h4-13H,1-3H3,(H,24,27)(H,25,26). The lowest BCUT2D eigenvalue weighted by Crippen LogP contribution is -2.18. The molecule has 1 heterocycles. The predicted molar refractivity (Wildman–Crippen MR) is 109 cm³/mol. The summed E-state index contributed by atoms with van der Waals surface area (Å²) >= 11 is 0. The third-order valence-electron chi connectivity index (χ3n) is 4.33. The van der Waals surface area contributed by atoms with Gasteiger partial charge in [-0.1, -0.05) is 30.3 Å². The van der Waals surface area contributed by atoms with Gasteiger partial charge >= 0.3 is 0 Å². The molecular weight excluding hydrogens is 354 g/mol.